The van der Waals surface area contributed by atoms with Crippen molar-refractivity contribution in [3.05, 3.63) is 65.6 Å². The molecule has 0 spiro atoms. The van der Waals surface area contributed by atoms with Gasteiger partial charge in [0.2, 0.25) is 0 Å². The topological polar surface area (TPSA) is 55.4 Å². The van der Waals surface area contributed by atoms with Gasteiger partial charge in [0.25, 0.3) is 11.1 Å². The van der Waals surface area contributed by atoms with Crippen LogP contribution in [0.5, 0.6) is 5.75 Å². The first-order chi connectivity index (χ1) is 12.7. The monoisotopic (exact) mass is 367 g/mol. The molecular weight excluding hydrogens is 346 g/mol. The molecule has 134 valence electrons. The lowest BCUT2D eigenvalue weighted by Crippen LogP contribution is -2.17. The smallest absolute Gasteiger partial charge is 0.290 e. The molecule has 4 nitrogen and oxygen atoms in total. The number of allylic oxidation sites excluding steroid dienone is 1. The number of ether oxygens (including phenoxy) is 1. The molecule has 2 amide bonds. The maximum absolute atomic E-state index is 11.4. The average molecular weight is 367 g/mol. The summed E-state index contributed by atoms with van der Waals surface area (Å²) < 4.78 is 5.78. The van der Waals surface area contributed by atoms with Crippen LogP contribution in [0.3, 0.4) is 0 Å². The molecule has 1 aliphatic rings. The SMILES string of the molecule is O=C1NC(=O)C(=CCCCCCOc2ccc(-c3ccccc3)cc2)S1. The van der Waals surface area contributed by atoms with Crippen LogP contribution in [-0.2, 0) is 4.79 Å². The Morgan fingerprint density at radius 3 is 2.31 bits per heavy atom. The molecule has 1 aliphatic heterocycles. The van der Waals surface area contributed by atoms with Gasteiger partial charge in [-0.15, -0.1) is 0 Å². The first kappa shape index (κ1) is 18.3. The first-order valence-corrected chi connectivity index (χ1v) is 9.55. The molecule has 0 saturated carbocycles. The van der Waals surface area contributed by atoms with Crippen molar-refractivity contribution < 1.29 is 14.3 Å². The van der Waals surface area contributed by atoms with E-state index in [1.54, 1.807) is 0 Å². The minimum absolute atomic E-state index is 0.276. The molecule has 1 heterocycles. The van der Waals surface area contributed by atoms with Crippen molar-refractivity contribution in [3.8, 4) is 16.9 Å². The number of amides is 2. The van der Waals surface area contributed by atoms with E-state index < -0.39 is 0 Å². The zero-order chi connectivity index (χ0) is 18.2. The zero-order valence-electron chi connectivity index (χ0n) is 14.4. The van der Waals surface area contributed by atoms with Crippen LogP contribution in [0.15, 0.2) is 65.6 Å². The van der Waals surface area contributed by atoms with Gasteiger partial charge in [-0.2, -0.15) is 0 Å². The van der Waals surface area contributed by atoms with Crippen molar-refractivity contribution in [1.29, 1.82) is 0 Å². The van der Waals surface area contributed by atoms with E-state index in [0.29, 0.717) is 11.5 Å². The zero-order valence-corrected chi connectivity index (χ0v) is 15.3. The van der Waals surface area contributed by atoms with E-state index in [-0.39, 0.29) is 11.1 Å². The lowest BCUT2D eigenvalue weighted by molar-refractivity contribution is -0.115. The minimum atomic E-state index is -0.284. The third-order valence-corrected chi connectivity index (χ3v) is 4.91. The fraction of sp³-hybridized carbons (Fsp3) is 0.238. The minimum Gasteiger partial charge on any atom is -0.494 e. The van der Waals surface area contributed by atoms with Crippen LogP contribution in [0.2, 0.25) is 0 Å². The van der Waals surface area contributed by atoms with Gasteiger partial charge in [-0.1, -0.05) is 48.5 Å². The number of hydrogen-bond acceptors (Lipinski definition) is 4. The van der Waals surface area contributed by atoms with Crippen molar-refractivity contribution in [2.45, 2.75) is 25.7 Å². The Kier molecular flexibility index (Phi) is 6.50. The van der Waals surface area contributed by atoms with Crippen LogP contribution in [0.25, 0.3) is 11.1 Å². The van der Waals surface area contributed by atoms with Crippen LogP contribution < -0.4 is 10.1 Å². The highest BCUT2D eigenvalue weighted by Gasteiger charge is 2.24. The van der Waals surface area contributed by atoms with E-state index in [2.05, 4.69) is 29.6 Å². The number of imide groups is 1. The van der Waals surface area contributed by atoms with E-state index in [4.69, 9.17) is 4.74 Å². The van der Waals surface area contributed by atoms with E-state index >= 15 is 0 Å². The summed E-state index contributed by atoms with van der Waals surface area (Å²) in [7, 11) is 0. The average Bonchev–Trinajstić information content (AvgIpc) is 2.99. The van der Waals surface area contributed by atoms with Crippen LogP contribution >= 0.6 is 11.8 Å². The van der Waals surface area contributed by atoms with Gasteiger partial charge in [-0.05, 0) is 60.7 Å². The second kappa shape index (κ2) is 9.25. The highest BCUT2D eigenvalue weighted by molar-refractivity contribution is 8.18. The summed E-state index contributed by atoms with van der Waals surface area (Å²) >= 11 is 0.976. The molecule has 1 fully saturated rings. The van der Waals surface area contributed by atoms with Crippen molar-refractivity contribution in [2.75, 3.05) is 6.61 Å². The lowest BCUT2D eigenvalue weighted by atomic mass is 10.1. The number of nitrogens with one attached hydrogen (secondary N) is 1. The predicted molar refractivity (Wildman–Crippen MR) is 105 cm³/mol. The van der Waals surface area contributed by atoms with Crippen molar-refractivity contribution in [3.63, 3.8) is 0 Å². The molecule has 1 N–H and O–H groups in total. The molecule has 0 aliphatic carbocycles. The Morgan fingerprint density at radius 1 is 0.885 bits per heavy atom. The number of thioether (sulfide) groups is 1. The van der Waals surface area contributed by atoms with Crippen LogP contribution in [0.4, 0.5) is 4.79 Å². The molecular formula is C21H21NO3S. The maximum atomic E-state index is 11.4. The fourth-order valence-electron chi connectivity index (χ4n) is 2.68. The summed E-state index contributed by atoms with van der Waals surface area (Å²) in [6.07, 6.45) is 5.60. The highest BCUT2D eigenvalue weighted by Crippen LogP contribution is 2.24. The summed E-state index contributed by atoms with van der Waals surface area (Å²) in [5, 5.41) is 1.97. The van der Waals surface area contributed by atoms with Gasteiger partial charge < -0.3 is 4.74 Å². The van der Waals surface area contributed by atoms with Gasteiger partial charge in [0.05, 0.1) is 11.5 Å². The Bertz CT molecular complexity index is 785. The van der Waals surface area contributed by atoms with Crippen LogP contribution in [0.1, 0.15) is 25.7 Å². The number of hydrogen-bond donors (Lipinski definition) is 1. The number of rotatable bonds is 8. The van der Waals surface area contributed by atoms with E-state index in [9.17, 15) is 9.59 Å². The van der Waals surface area contributed by atoms with E-state index in [0.717, 1.165) is 43.2 Å². The highest BCUT2D eigenvalue weighted by atomic mass is 32.2. The summed E-state index contributed by atoms with van der Waals surface area (Å²) in [5.74, 6) is 0.603. The molecule has 1 saturated heterocycles. The normalized spacial score (nSPS) is 15.3. The van der Waals surface area contributed by atoms with Gasteiger partial charge in [0.1, 0.15) is 5.75 Å². The molecule has 2 aromatic carbocycles. The van der Waals surface area contributed by atoms with Crippen molar-refractivity contribution in [1.82, 2.24) is 5.32 Å². The Labute approximate surface area is 157 Å². The van der Waals surface area contributed by atoms with Crippen LogP contribution in [-0.4, -0.2) is 17.8 Å². The largest absolute Gasteiger partial charge is 0.494 e. The fourth-order valence-corrected chi connectivity index (χ4v) is 3.37. The van der Waals surface area contributed by atoms with Crippen molar-refractivity contribution in [2.24, 2.45) is 0 Å². The molecule has 0 unspecified atom stereocenters. The standard InChI is InChI=1S/C21H21NO3S/c23-20-19(26-21(24)22-20)10-6-1-2-7-15-25-18-13-11-17(12-14-18)16-8-4-3-5-9-16/h3-5,8-14H,1-2,6-7,15H2,(H,22,23,24). The number of carbonyl (C=O) groups is 2. The second-order valence-corrected chi connectivity index (χ2v) is 7.01. The maximum Gasteiger partial charge on any atom is 0.290 e. The summed E-state index contributed by atoms with van der Waals surface area (Å²) in [4.78, 5) is 22.9. The number of benzene rings is 2. The number of unbranched alkanes of at least 4 members (excludes halogenated alkanes) is 3. The molecule has 0 radical (unpaired) electrons. The van der Waals surface area contributed by atoms with Gasteiger partial charge in [-0.25, -0.2) is 0 Å². The summed E-state index contributed by atoms with van der Waals surface area (Å²) in [5.41, 5.74) is 2.38. The third kappa shape index (κ3) is 5.23. The lowest BCUT2D eigenvalue weighted by Gasteiger charge is -2.07. The van der Waals surface area contributed by atoms with Gasteiger partial charge in [-0.3, -0.25) is 14.9 Å². The summed E-state index contributed by atoms with van der Waals surface area (Å²) in [6.45, 7) is 0.676. The first-order valence-electron chi connectivity index (χ1n) is 8.74. The Balaban J connectivity index is 1.33. The Morgan fingerprint density at radius 2 is 1.62 bits per heavy atom. The number of carbonyl (C=O) groups excluding carboxylic acids is 2. The second-order valence-electron chi connectivity index (χ2n) is 6.00. The molecule has 0 bridgehead atoms. The predicted octanol–water partition coefficient (Wildman–Crippen LogP) is 5.16. The van der Waals surface area contributed by atoms with Gasteiger partial charge in [0, 0.05) is 0 Å². The molecule has 5 heteroatoms. The van der Waals surface area contributed by atoms with Gasteiger partial charge >= 0.3 is 0 Å². The molecule has 3 rings (SSSR count). The van der Waals surface area contributed by atoms with E-state index in [1.807, 2.05) is 36.4 Å². The van der Waals surface area contributed by atoms with Crippen LogP contribution in [0, 0.1) is 0 Å². The quantitative estimate of drug-likeness (QED) is 0.517. The molecule has 2 aromatic rings. The Hall–Kier alpha value is -2.53. The molecule has 26 heavy (non-hydrogen) atoms. The van der Waals surface area contributed by atoms with Gasteiger partial charge in [0.15, 0.2) is 0 Å². The van der Waals surface area contributed by atoms with E-state index in [1.165, 1.54) is 11.1 Å². The third-order valence-electron chi connectivity index (χ3n) is 4.05. The summed E-state index contributed by atoms with van der Waals surface area (Å²) in [6, 6.07) is 18.4. The molecule has 0 atom stereocenters. The van der Waals surface area contributed by atoms with Crippen molar-refractivity contribution >= 4 is 22.9 Å². The molecule has 0 aromatic heterocycles.